The van der Waals surface area contributed by atoms with Crippen LogP contribution < -0.4 is 0 Å². The average Bonchev–Trinajstić information content (AvgIpc) is 2.58. The number of hydrogen-bond acceptors (Lipinski definition) is 1. The Morgan fingerprint density at radius 3 is 3.11 bits per heavy atom. The molecule has 0 unspecified atom stereocenters. The quantitative estimate of drug-likeness (QED) is 0.707. The van der Waals surface area contributed by atoms with Gasteiger partial charge in [0.05, 0.1) is 11.6 Å². The van der Waals surface area contributed by atoms with Gasteiger partial charge in [0.25, 0.3) is 0 Å². The van der Waals surface area contributed by atoms with E-state index in [0.29, 0.717) is 6.04 Å². The third-order valence-electron chi connectivity index (χ3n) is 4.54. The normalized spacial score (nSPS) is 22.5. The zero-order valence-electron chi connectivity index (χ0n) is 11.1. The molecule has 2 aliphatic heterocycles. The Morgan fingerprint density at radius 1 is 1.32 bits per heavy atom. The Hall–Kier alpha value is -1.06. The van der Waals surface area contributed by atoms with Crippen molar-refractivity contribution in [3.8, 4) is 0 Å². The van der Waals surface area contributed by atoms with Gasteiger partial charge in [0.2, 0.25) is 0 Å². The van der Waals surface area contributed by atoms with Crippen molar-refractivity contribution in [3.05, 3.63) is 40.0 Å². The summed E-state index contributed by atoms with van der Waals surface area (Å²) in [4.78, 5) is 2.51. The van der Waals surface area contributed by atoms with E-state index in [0.717, 1.165) is 4.47 Å². The van der Waals surface area contributed by atoms with Crippen LogP contribution in [0, 0.1) is 0 Å². The van der Waals surface area contributed by atoms with E-state index in [9.17, 15) is 0 Å². The topological polar surface area (TPSA) is 8.17 Å². The molecular weight excluding hydrogens is 300 g/mol. The fourth-order valence-corrected chi connectivity index (χ4v) is 3.95. The number of likely N-dealkylation sites (N-methyl/N-ethyl adjacent to an activating group) is 1. The van der Waals surface area contributed by atoms with Crippen molar-refractivity contribution in [1.29, 1.82) is 0 Å². The summed E-state index contributed by atoms with van der Waals surface area (Å²) in [6.45, 7) is 1.17. The van der Waals surface area contributed by atoms with Gasteiger partial charge in [-0.3, -0.25) is 4.90 Å². The maximum absolute atomic E-state index is 3.61. The first-order chi connectivity index (χ1) is 9.25. The summed E-state index contributed by atoms with van der Waals surface area (Å²) in [5.41, 5.74) is 4.44. The lowest BCUT2D eigenvalue weighted by molar-refractivity contribution is 0.216. The highest BCUT2D eigenvalue weighted by Gasteiger charge is 2.30. The number of aromatic nitrogens is 1. The Labute approximate surface area is 121 Å². The number of nitrogens with zero attached hydrogens (tertiary/aromatic N) is 2. The van der Waals surface area contributed by atoms with Gasteiger partial charge in [-0.25, -0.2) is 0 Å². The van der Waals surface area contributed by atoms with Crippen LogP contribution in [0.3, 0.4) is 0 Å². The van der Waals surface area contributed by atoms with Crippen LogP contribution in [0.5, 0.6) is 0 Å². The zero-order chi connectivity index (χ0) is 13.0. The first kappa shape index (κ1) is 11.7. The number of fused-ring (bicyclic) bond motifs is 3. The van der Waals surface area contributed by atoms with Crippen LogP contribution in [0.4, 0.5) is 0 Å². The highest BCUT2D eigenvalue weighted by atomic mass is 79.9. The molecule has 0 fully saturated rings. The lowest BCUT2D eigenvalue weighted by Gasteiger charge is -2.33. The molecule has 1 aromatic carbocycles. The number of halogens is 1. The van der Waals surface area contributed by atoms with Gasteiger partial charge in [-0.15, -0.1) is 0 Å². The van der Waals surface area contributed by atoms with E-state index in [1.165, 1.54) is 42.4 Å². The second-order valence-corrected chi connectivity index (χ2v) is 6.52. The Bertz CT molecular complexity index is 684. The average molecular weight is 317 g/mol. The molecule has 0 aliphatic carbocycles. The van der Waals surface area contributed by atoms with E-state index < -0.39 is 0 Å². The second kappa shape index (κ2) is 4.22. The first-order valence-corrected chi connectivity index (χ1v) is 7.74. The van der Waals surface area contributed by atoms with Gasteiger partial charge in [0.15, 0.2) is 0 Å². The number of hydrogen-bond donors (Lipinski definition) is 0. The van der Waals surface area contributed by atoms with Crippen LogP contribution in [-0.2, 0) is 6.42 Å². The van der Waals surface area contributed by atoms with E-state index in [-0.39, 0.29) is 0 Å². The minimum atomic E-state index is 0.574. The third-order valence-corrected chi connectivity index (χ3v) is 5.03. The molecule has 0 radical (unpaired) electrons. The zero-order valence-corrected chi connectivity index (χ0v) is 12.7. The minimum Gasteiger partial charge on any atom is -0.319 e. The Morgan fingerprint density at radius 2 is 2.21 bits per heavy atom. The first-order valence-electron chi connectivity index (χ1n) is 6.95. The molecule has 0 saturated carbocycles. The van der Waals surface area contributed by atoms with Crippen LogP contribution in [-0.4, -0.2) is 23.1 Å². The molecular formula is C16H17BrN2. The summed E-state index contributed by atoms with van der Waals surface area (Å²) in [6.07, 6.45) is 8.16. The van der Waals surface area contributed by atoms with Crippen LogP contribution in [0.25, 0.3) is 17.1 Å². The second-order valence-electron chi connectivity index (χ2n) is 5.60. The standard InChI is InChI=1S/C16H17BrN2/c1-18-9-7-13-12-6-5-11(17)10-15(12)19-8-3-2-4-14(18)16(13)19/h3,5-6,8,10,14H,2,4,7,9H2,1H3/t14-/m1/s1. The fraction of sp³-hybridized carbons (Fsp3) is 0.375. The van der Waals surface area contributed by atoms with Crippen LogP contribution >= 0.6 is 15.9 Å². The highest BCUT2D eigenvalue weighted by Crippen LogP contribution is 2.40. The molecule has 98 valence electrons. The van der Waals surface area contributed by atoms with Gasteiger partial charge >= 0.3 is 0 Å². The molecule has 3 heteroatoms. The molecule has 3 heterocycles. The van der Waals surface area contributed by atoms with E-state index in [1.807, 2.05) is 0 Å². The summed E-state index contributed by atoms with van der Waals surface area (Å²) < 4.78 is 3.58. The lowest BCUT2D eigenvalue weighted by atomic mass is 9.95. The van der Waals surface area contributed by atoms with Crippen molar-refractivity contribution < 1.29 is 0 Å². The van der Waals surface area contributed by atoms with E-state index in [4.69, 9.17) is 0 Å². The molecule has 1 atom stereocenters. The molecule has 0 N–H and O–H groups in total. The minimum absolute atomic E-state index is 0.574. The van der Waals surface area contributed by atoms with Crippen molar-refractivity contribution >= 4 is 33.0 Å². The summed E-state index contributed by atoms with van der Waals surface area (Å²) in [5.74, 6) is 0. The van der Waals surface area contributed by atoms with Gasteiger partial charge in [0.1, 0.15) is 0 Å². The highest BCUT2D eigenvalue weighted by molar-refractivity contribution is 9.10. The van der Waals surface area contributed by atoms with Gasteiger partial charge in [-0.2, -0.15) is 0 Å². The SMILES string of the molecule is CN1CCc2c3n(c4cc(Br)ccc24)C=CCC[C@H]31. The van der Waals surface area contributed by atoms with Gasteiger partial charge in [-0.1, -0.05) is 28.1 Å². The summed E-state index contributed by atoms with van der Waals surface area (Å²) >= 11 is 3.61. The summed E-state index contributed by atoms with van der Waals surface area (Å²) in [5, 5.41) is 1.43. The molecule has 19 heavy (non-hydrogen) atoms. The number of rotatable bonds is 0. The molecule has 2 aromatic rings. The molecule has 0 amide bonds. The van der Waals surface area contributed by atoms with Gasteiger partial charge in [0, 0.05) is 28.3 Å². The molecule has 0 bridgehead atoms. The Balaban J connectivity index is 2.10. The fourth-order valence-electron chi connectivity index (χ4n) is 3.60. The van der Waals surface area contributed by atoms with Crippen molar-refractivity contribution in [3.63, 3.8) is 0 Å². The number of allylic oxidation sites excluding steroid dienone is 1. The predicted molar refractivity (Wildman–Crippen MR) is 83.3 cm³/mol. The molecule has 0 spiro atoms. The van der Waals surface area contributed by atoms with Crippen molar-refractivity contribution in [2.75, 3.05) is 13.6 Å². The summed E-state index contributed by atoms with van der Waals surface area (Å²) in [6, 6.07) is 7.26. The third kappa shape index (κ3) is 1.65. The number of benzene rings is 1. The predicted octanol–water partition coefficient (Wildman–Crippen LogP) is 4.20. The van der Waals surface area contributed by atoms with E-state index in [1.54, 1.807) is 5.56 Å². The molecule has 4 rings (SSSR count). The van der Waals surface area contributed by atoms with E-state index in [2.05, 4.69) is 62.9 Å². The maximum atomic E-state index is 3.61. The Kier molecular flexibility index (Phi) is 2.61. The van der Waals surface area contributed by atoms with Crippen LogP contribution in [0.1, 0.15) is 30.1 Å². The summed E-state index contributed by atoms with van der Waals surface area (Å²) in [7, 11) is 2.26. The largest absolute Gasteiger partial charge is 0.319 e. The van der Waals surface area contributed by atoms with E-state index >= 15 is 0 Å². The van der Waals surface area contributed by atoms with Crippen molar-refractivity contribution in [2.24, 2.45) is 0 Å². The molecule has 2 aliphatic rings. The van der Waals surface area contributed by atoms with Crippen LogP contribution in [0.2, 0.25) is 0 Å². The van der Waals surface area contributed by atoms with Crippen LogP contribution in [0.15, 0.2) is 28.7 Å². The monoisotopic (exact) mass is 316 g/mol. The van der Waals surface area contributed by atoms with Gasteiger partial charge < -0.3 is 4.57 Å². The maximum Gasteiger partial charge on any atom is 0.0540 e. The molecule has 2 nitrogen and oxygen atoms in total. The molecule has 1 aromatic heterocycles. The van der Waals surface area contributed by atoms with Crippen molar-refractivity contribution in [1.82, 2.24) is 9.47 Å². The molecule has 0 saturated heterocycles. The smallest absolute Gasteiger partial charge is 0.0540 e. The lowest BCUT2D eigenvalue weighted by Crippen LogP contribution is -2.32. The van der Waals surface area contributed by atoms with Gasteiger partial charge in [-0.05, 0) is 44.0 Å². The van der Waals surface area contributed by atoms with Crippen molar-refractivity contribution in [2.45, 2.75) is 25.3 Å².